The number of nitrogens with zero attached hydrogens (tertiary/aromatic N) is 3. The van der Waals surface area contributed by atoms with Gasteiger partial charge in [0.2, 0.25) is 0 Å². The number of fused-ring (bicyclic) bond motifs is 1. The molecule has 0 bridgehead atoms. The van der Waals surface area contributed by atoms with Gasteiger partial charge < -0.3 is 10.1 Å². The van der Waals surface area contributed by atoms with E-state index >= 15 is 0 Å². The zero-order valence-corrected chi connectivity index (χ0v) is 21.2. The fraction of sp³-hybridized carbons (Fsp3) is 0.167. The third-order valence-electron chi connectivity index (χ3n) is 6.44. The molecule has 0 fully saturated rings. The summed E-state index contributed by atoms with van der Waals surface area (Å²) in [7, 11) is 3.45. The molecule has 0 saturated heterocycles. The maximum absolute atomic E-state index is 13.8. The Balaban J connectivity index is 1.62. The number of hydrogen-bond donors (Lipinski definition) is 1. The summed E-state index contributed by atoms with van der Waals surface area (Å²) in [6.45, 7) is 4.01. The van der Waals surface area contributed by atoms with Gasteiger partial charge in [-0.2, -0.15) is 0 Å². The second kappa shape index (κ2) is 9.78. The standard InChI is InChI=1S/C30H28N4O3/c1-19(2)28-27(30(36)34(33(28)3)21-10-6-5-7-11-21)32-29(35)24-18-26(20-14-16-22(37-4)17-15-20)31-25-13-9-8-12-23(24)25/h5-19H,1-4H3,(H,32,35). The van der Waals surface area contributed by atoms with Crippen molar-refractivity contribution in [1.82, 2.24) is 14.3 Å². The van der Waals surface area contributed by atoms with Crippen molar-refractivity contribution in [2.24, 2.45) is 7.05 Å². The van der Waals surface area contributed by atoms with Gasteiger partial charge >= 0.3 is 0 Å². The number of carbonyl (C=O) groups is 1. The summed E-state index contributed by atoms with van der Waals surface area (Å²) in [5, 5.41) is 3.67. The van der Waals surface area contributed by atoms with E-state index in [1.807, 2.05) is 104 Å². The second-order valence-electron chi connectivity index (χ2n) is 9.15. The molecule has 0 atom stereocenters. The van der Waals surface area contributed by atoms with Crippen LogP contribution in [0.5, 0.6) is 5.75 Å². The summed E-state index contributed by atoms with van der Waals surface area (Å²) in [6, 6.07) is 26.2. The van der Waals surface area contributed by atoms with Crippen LogP contribution in [-0.4, -0.2) is 27.4 Å². The van der Waals surface area contributed by atoms with E-state index in [2.05, 4.69) is 5.32 Å². The minimum atomic E-state index is -0.363. The van der Waals surface area contributed by atoms with Crippen LogP contribution in [0, 0.1) is 0 Å². The first-order chi connectivity index (χ1) is 17.9. The van der Waals surface area contributed by atoms with Crippen molar-refractivity contribution in [1.29, 1.82) is 0 Å². The lowest BCUT2D eigenvalue weighted by molar-refractivity contribution is 0.102. The zero-order valence-electron chi connectivity index (χ0n) is 21.2. The molecule has 1 amide bonds. The zero-order chi connectivity index (χ0) is 26.1. The van der Waals surface area contributed by atoms with Crippen LogP contribution in [0.25, 0.3) is 27.8 Å². The topological polar surface area (TPSA) is 78.1 Å². The van der Waals surface area contributed by atoms with Crippen LogP contribution in [0.15, 0.2) is 89.7 Å². The number of pyridine rings is 1. The monoisotopic (exact) mass is 492 g/mol. The number of carbonyl (C=O) groups excluding carboxylic acids is 1. The highest BCUT2D eigenvalue weighted by molar-refractivity contribution is 6.13. The number of aromatic nitrogens is 3. The van der Waals surface area contributed by atoms with E-state index in [9.17, 15) is 9.59 Å². The minimum absolute atomic E-state index is 0.00186. The maximum Gasteiger partial charge on any atom is 0.295 e. The van der Waals surface area contributed by atoms with E-state index < -0.39 is 0 Å². The van der Waals surface area contributed by atoms with E-state index in [4.69, 9.17) is 9.72 Å². The molecule has 3 aromatic carbocycles. The Kier molecular flexibility index (Phi) is 6.36. The van der Waals surface area contributed by atoms with Gasteiger partial charge in [-0.3, -0.25) is 14.3 Å². The molecule has 1 N–H and O–H groups in total. The summed E-state index contributed by atoms with van der Waals surface area (Å²) in [5.41, 5.74) is 4.13. The maximum atomic E-state index is 13.8. The Labute approximate surface area is 214 Å². The van der Waals surface area contributed by atoms with Crippen LogP contribution in [0.1, 0.15) is 35.8 Å². The number of benzene rings is 3. The Morgan fingerprint density at radius 2 is 1.62 bits per heavy atom. The van der Waals surface area contributed by atoms with Crippen LogP contribution in [0.4, 0.5) is 5.69 Å². The predicted molar refractivity (Wildman–Crippen MR) is 147 cm³/mol. The number of rotatable bonds is 6. The van der Waals surface area contributed by atoms with Gasteiger partial charge in [0.15, 0.2) is 0 Å². The van der Waals surface area contributed by atoms with Gasteiger partial charge in [0, 0.05) is 18.0 Å². The summed E-state index contributed by atoms with van der Waals surface area (Å²) in [4.78, 5) is 32.2. The van der Waals surface area contributed by atoms with Crippen LogP contribution >= 0.6 is 0 Å². The molecule has 7 heteroatoms. The van der Waals surface area contributed by atoms with Crippen molar-refractivity contribution in [3.63, 3.8) is 0 Å². The molecule has 186 valence electrons. The van der Waals surface area contributed by atoms with Crippen molar-refractivity contribution in [3.8, 4) is 22.7 Å². The molecule has 5 rings (SSSR count). The lowest BCUT2D eigenvalue weighted by Crippen LogP contribution is -2.23. The first-order valence-electron chi connectivity index (χ1n) is 12.1. The molecule has 5 aromatic rings. The highest BCUT2D eigenvalue weighted by atomic mass is 16.5. The summed E-state index contributed by atoms with van der Waals surface area (Å²) >= 11 is 0. The summed E-state index contributed by atoms with van der Waals surface area (Å²) < 4.78 is 8.66. The number of anilines is 1. The highest BCUT2D eigenvalue weighted by Gasteiger charge is 2.24. The lowest BCUT2D eigenvalue weighted by Gasteiger charge is -2.13. The third-order valence-corrected chi connectivity index (χ3v) is 6.44. The number of para-hydroxylation sites is 2. The number of hydrogen-bond acceptors (Lipinski definition) is 4. The Hall–Kier alpha value is -4.65. The fourth-order valence-corrected chi connectivity index (χ4v) is 4.71. The summed E-state index contributed by atoms with van der Waals surface area (Å²) in [6.07, 6.45) is 0. The lowest BCUT2D eigenvalue weighted by atomic mass is 10.0. The molecule has 0 aliphatic heterocycles. The molecule has 7 nitrogen and oxygen atoms in total. The van der Waals surface area contributed by atoms with Gasteiger partial charge in [-0.1, -0.05) is 50.2 Å². The minimum Gasteiger partial charge on any atom is -0.497 e. The largest absolute Gasteiger partial charge is 0.497 e. The average molecular weight is 493 g/mol. The van der Waals surface area contributed by atoms with Crippen molar-refractivity contribution >= 4 is 22.5 Å². The predicted octanol–water partition coefficient (Wildman–Crippen LogP) is 5.78. The first-order valence-corrected chi connectivity index (χ1v) is 12.1. The molecule has 0 aliphatic rings. The summed E-state index contributed by atoms with van der Waals surface area (Å²) in [5.74, 6) is 0.377. The first kappa shape index (κ1) is 24.1. The van der Waals surface area contributed by atoms with Crippen LogP contribution < -0.4 is 15.6 Å². The van der Waals surface area contributed by atoms with Gasteiger partial charge in [0.25, 0.3) is 11.5 Å². The Morgan fingerprint density at radius 3 is 2.30 bits per heavy atom. The Morgan fingerprint density at radius 1 is 0.946 bits per heavy atom. The SMILES string of the molecule is COc1ccc(-c2cc(C(=O)Nc3c(C(C)C)n(C)n(-c4ccccc4)c3=O)c3ccccc3n2)cc1. The van der Waals surface area contributed by atoms with Crippen molar-refractivity contribution in [2.75, 3.05) is 12.4 Å². The smallest absolute Gasteiger partial charge is 0.295 e. The van der Waals surface area contributed by atoms with Crippen molar-refractivity contribution < 1.29 is 9.53 Å². The molecule has 0 spiro atoms. The normalized spacial score (nSPS) is 11.2. The molecule has 2 aromatic heterocycles. The number of ether oxygens (including phenoxy) is 1. The van der Waals surface area contributed by atoms with Gasteiger partial charge in [-0.25, -0.2) is 9.67 Å². The number of amides is 1. The second-order valence-corrected chi connectivity index (χ2v) is 9.15. The Bertz CT molecular complexity index is 1650. The van der Waals surface area contributed by atoms with Gasteiger partial charge in [0.1, 0.15) is 11.4 Å². The van der Waals surface area contributed by atoms with Crippen LogP contribution in [0.3, 0.4) is 0 Å². The molecule has 37 heavy (non-hydrogen) atoms. The van der Waals surface area contributed by atoms with Crippen molar-refractivity contribution in [3.05, 3.63) is 107 Å². The van der Waals surface area contributed by atoms with Gasteiger partial charge in [-0.05, 0) is 54.4 Å². The fourth-order valence-electron chi connectivity index (χ4n) is 4.71. The van der Waals surface area contributed by atoms with Crippen LogP contribution in [0.2, 0.25) is 0 Å². The molecule has 0 aliphatic carbocycles. The molecule has 0 saturated carbocycles. The number of methoxy groups -OCH3 is 1. The van der Waals surface area contributed by atoms with E-state index in [1.54, 1.807) is 17.9 Å². The average Bonchev–Trinajstić information content (AvgIpc) is 3.17. The van der Waals surface area contributed by atoms with E-state index in [-0.39, 0.29) is 23.1 Å². The quantitative estimate of drug-likeness (QED) is 0.326. The van der Waals surface area contributed by atoms with Gasteiger partial charge in [-0.15, -0.1) is 0 Å². The highest BCUT2D eigenvalue weighted by Crippen LogP contribution is 2.28. The van der Waals surface area contributed by atoms with E-state index in [1.165, 1.54) is 0 Å². The van der Waals surface area contributed by atoms with E-state index in [0.29, 0.717) is 22.2 Å². The number of nitrogens with one attached hydrogen (secondary N) is 1. The molecule has 0 radical (unpaired) electrons. The van der Waals surface area contributed by atoms with Crippen LogP contribution in [-0.2, 0) is 7.05 Å². The molecular formula is C30H28N4O3. The molecular weight excluding hydrogens is 464 g/mol. The van der Waals surface area contributed by atoms with Crippen molar-refractivity contribution in [2.45, 2.75) is 19.8 Å². The molecule has 0 unspecified atom stereocenters. The molecule has 2 heterocycles. The van der Waals surface area contributed by atoms with E-state index in [0.717, 1.165) is 22.7 Å². The third kappa shape index (κ3) is 4.40. The van der Waals surface area contributed by atoms with Gasteiger partial charge in [0.05, 0.1) is 35.3 Å².